The maximum Gasteiger partial charge on any atom is 0.267 e. The summed E-state index contributed by atoms with van der Waals surface area (Å²) < 4.78 is 25.1. The summed E-state index contributed by atoms with van der Waals surface area (Å²) in [7, 11) is 0. The lowest BCUT2D eigenvalue weighted by Crippen LogP contribution is -2.06. The molecular weight excluding hydrogens is 258 g/mol. The molecule has 0 unspecified atom stereocenters. The van der Waals surface area contributed by atoms with Gasteiger partial charge < -0.3 is 10.8 Å². The number of hydrogen-bond acceptors (Lipinski definition) is 3. The second kappa shape index (κ2) is 4.65. The van der Waals surface area contributed by atoms with E-state index in [1.165, 1.54) is 6.20 Å². The molecule has 1 aromatic heterocycles. The van der Waals surface area contributed by atoms with Crippen molar-refractivity contribution in [1.82, 2.24) is 4.98 Å². The number of nitrogens with two attached hydrogens (primary N) is 1. The molecule has 0 aliphatic carbocycles. The van der Waals surface area contributed by atoms with Gasteiger partial charge in [-0.25, -0.2) is 13.8 Å². The van der Waals surface area contributed by atoms with Gasteiger partial charge in [0, 0.05) is 17.1 Å². The Morgan fingerprint density at radius 3 is 2.64 bits per heavy atom. The Labute approximate surface area is 88.1 Å². The van der Waals surface area contributed by atoms with Crippen LogP contribution in [-0.4, -0.2) is 10.1 Å². The van der Waals surface area contributed by atoms with Crippen molar-refractivity contribution in [2.45, 2.75) is 18.4 Å². The Balaban J connectivity index is 3.35. The van der Waals surface area contributed by atoms with Gasteiger partial charge in [0.15, 0.2) is 0 Å². The lowest BCUT2D eigenvalue weighted by atomic mass is 10.1. The fourth-order valence-electron chi connectivity index (χ4n) is 1.16. The first kappa shape index (κ1) is 11.3. The Morgan fingerprint density at radius 1 is 1.57 bits per heavy atom. The van der Waals surface area contributed by atoms with Crippen LogP contribution < -0.4 is 5.73 Å². The van der Waals surface area contributed by atoms with E-state index in [9.17, 15) is 8.78 Å². The van der Waals surface area contributed by atoms with Crippen LogP contribution in [0.5, 0.6) is 0 Å². The zero-order valence-corrected chi connectivity index (χ0v) is 8.76. The lowest BCUT2D eigenvalue weighted by molar-refractivity contribution is 0.150. The molecule has 0 spiro atoms. The molecule has 0 aromatic carbocycles. The predicted molar refractivity (Wildman–Crippen MR) is 52.2 cm³/mol. The topological polar surface area (TPSA) is 59.1 Å². The molecule has 0 saturated carbocycles. The first-order chi connectivity index (χ1) is 6.61. The Morgan fingerprint density at radius 2 is 2.21 bits per heavy atom. The van der Waals surface area contributed by atoms with E-state index in [0.29, 0.717) is 11.1 Å². The van der Waals surface area contributed by atoms with Gasteiger partial charge in [-0.2, -0.15) is 0 Å². The molecule has 1 aromatic rings. The summed E-state index contributed by atoms with van der Waals surface area (Å²) in [6.07, 6.45) is -1.38. The highest BCUT2D eigenvalue weighted by atomic mass is 79.9. The molecule has 0 amide bonds. The van der Waals surface area contributed by atoms with Crippen LogP contribution in [0.15, 0.2) is 6.20 Å². The minimum atomic E-state index is -2.68. The number of halogens is 3. The fraction of sp³-hybridized carbons (Fsp3) is 0.375. The predicted octanol–water partition coefficient (Wildman–Crippen LogP) is 1.99. The van der Waals surface area contributed by atoms with E-state index in [-0.39, 0.29) is 23.3 Å². The number of nitrogens with zero attached hydrogens (tertiary/aromatic N) is 1. The van der Waals surface area contributed by atoms with Gasteiger partial charge in [0.25, 0.3) is 6.43 Å². The number of rotatable bonds is 3. The highest BCUT2D eigenvalue weighted by molar-refractivity contribution is 9.08. The summed E-state index contributed by atoms with van der Waals surface area (Å²) in [5.74, 6) is -0.188. The van der Waals surface area contributed by atoms with E-state index in [1.807, 2.05) is 0 Å². The number of aliphatic hydroxyl groups excluding tert-OH is 1. The van der Waals surface area contributed by atoms with Crippen LogP contribution in [0, 0.1) is 0 Å². The SMILES string of the molecule is Nc1ncc(CO)c(CBr)c1C(F)F. The molecule has 0 fully saturated rings. The number of hydrogen-bond donors (Lipinski definition) is 2. The van der Waals surface area contributed by atoms with Gasteiger partial charge in [-0.05, 0) is 5.56 Å². The van der Waals surface area contributed by atoms with Gasteiger partial charge in [-0.1, -0.05) is 15.9 Å². The molecule has 0 atom stereocenters. The van der Waals surface area contributed by atoms with E-state index in [2.05, 4.69) is 20.9 Å². The van der Waals surface area contributed by atoms with Gasteiger partial charge >= 0.3 is 0 Å². The van der Waals surface area contributed by atoms with Crippen molar-refractivity contribution in [2.75, 3.05) is 5.73 Å². The normalized spacial score (nSPS) is 10.9. The Bertz CT molecular complexity index is 333. The molecule has 1 heterocycles. The molecule has 78 valence electrons. The number of aliphatic hydroxyl groups is 1. The number of aromatic nitrogens is 1. The third-order valence-electron chi connectivity index (χ3n) is 1.87. The van der Waals surface area contributed by atoms with Crippen LogP contribution in [0.3, 0.4) is 0 Å². The van der Waals surface area contributed by atoms with E-state index in [0.717, 1.165) is 0 Å². The van der Waals surface area contributed by atoms with Crippen LogP contribution in [0.2, 0.25) is 0 Å². The number of nitrogen functional groups attached to an aromatic ring is 1. The average molecular weight is 267 g/mol. The van der Waals surface area contributed by atoms with Crippen LogP contribution in [0.1, 0.15) is 23.1 Å². The van der Waals surface area contributed by atoms with Gasteiger partial charge in [-0.3, -0.25) is 0 Å². The van der Waals surface area contributed by atoms with Crippen LogP contribution in [0.25, 0.3) is 0 Å². The molecule has 0 bridgehead atoms. The van der Waals surface area contributed by atoms with Gasteiger partial charge in [0.1, 0.15) is 5.82 Å². The van der Waals surface area contributed by atoms with Crippen molar-refractivity contribution in [3.05, 3.63) is 22.9 Å². The van der Waals surface area contributed by atoms with Crippen molar-refractivity contribution >= 4 is 21.7 Å². The molecule has 0 radical (unpaired) electrons. The molecule has 6 heteroatoms. The van der Waals surface area contributed by atoms with E-state index < -0.39 is 6.43 Å². The minimum Gasteiger partial charge on any atom is -0.392 e. The second-order valence-electron chi connectivity index (χ2n) is 2.65. The van der Waals surface area contributed by atoms with E-state index >= 15 is 0 Å². The molecule has 3 nitrogen and oxygen atoms in total. The number of anilines is 1. The summed E-state index contributed by atoms with van der Waals surface area (Å²) in [6, 6.07) is 0. The van der Waals surface area contributed by atoms with Crippen molar-refractivity contribution < 1.29 is 13.9 Å². The summed E-state index contributed by atoms with van der Waals surface area (Å²) in [6.45, 7) is -0.325. The maximum absolute atomic E-state index is 12.6. The van der Waals surface area contributed by atoms with Crippen LogP contribution in [0.4, 0.5) is 14.6 Å². The molecule has 0 aliphatic rings. The third-order valence-corrected chi connectivity index (χ3v) is 2.43. The fourth-order valence-corrected chi connectivity index (χ4v) is 1.82. The Hall–Kier alpha value is -0.750. The maximum atomic E-state index is 12.6. The highest BCUT2D eigenvalue weighted by Crippen LogP contribution is 2.30. The molecule has 0 aliphatic heterocycles. The van der Waals surface area contributed by atoms with Crippen LogP contribution in [-0.2, 0) is 11.9 Å². The zero-order valence-electron chi connectivity index (χ0n) is 7.17. The zero-order chi connectivity index (χ0) is 10.7. The Kier molecular flexibility index (Phi) is 3.77. The monoisotopic (exact) mass is 266 g/mol. The first-order valence-corrected chi connectivity index (χ1v) is 4.95. The van der Waals surface area contributed by atoms with Crippen LogP contribution >= 0.6 is 15.9 Å². The van der Waals surface area contributed by atoms with Gasteiger partial charge in [0.2, 0.25) is 0 Å². The van der Waals surface area contributed by atoms with Crippen molar-refractivity contribution in [3.63, 3.8) is 0 Å². The second-order valence-corrected chi connectivity index (χ2v) is 3.21. The molecule has 0 saturated heterocycles. The average Bonchev–Trinajstić information content (AvgIpc) is 2.16. The highest BCUT2D eigenvalue weighted by Gasteiger charge is 2.19. The molecular formula is C8H9BrF2N2O. The molecule has 14 heavy (non-hydrogen) atoms. The minimum absolute atomic E-state index is 0.188. The standard InChI is InChI=1S/C8H9BrF2N2O/c9-1-5-4(3-14)2-13-8(12)6(5)7(10)11/h2,7,14H,1,3H2,(H2,12,13). The van der Waals surface area contributed by atoms with Gasteiger partial charge in [-0.15, -0.1) is 0 Å². The van der Waals surface area contributed by atoms with E-state index in [4.69, 9.17) is 10.8 Å². The van der Waals surface area contributed by atoms with Gasteiger partial charge in [0.05, 0.1) is 12.2 Å². The molecule has 1 rings (SSSR count). The van der Waals surface area contributed by atoms with Crippen molar-refractivity contribution in [1.29, 1.82) is 0 Å². The summed E-state index contributed by atoms with van der Waals surface area (Å²) in [5, 5.41) is 9.12. The summed E-state index contributed by atoms with van der Waals surface area (Å²) >= 11 is 3.07. The largest absolute Gasteiger partial charge is 0.392 e. The number of alkyl halides is 3. The first-order valence-electron chi connectivity index (χ1n) is 3.82. The lowest BCUT2D eigenvalue weighted by Gasteiger charge is -2.12. The smallest absolute Gasteiger partial charge is 0.267 e. The molecule has 3 N–H and O–H groups in total. The third kappa shape index (κ3) is 2.01. The summed E-state index contributed by atoms with van der Waals surface area (Å²) in [5.41, 5.74) is 5.71. The van der Waals surface area contributed by atoms with E-state index in [1.54, 1.807) is 0 Å². The summed E-state index contributed by atoms with van der Waals surface area (Å²) in [4.78, 5) is 3.60. The van der Waals surface area contributed by atoms with Crippen molar-refractivity contribution in [3.8, 4) is 0 Å². The number of pyridine rings is 1. The van der Waals surface area contributed by atoms with Crippen molar-refractivity contribution in [2.24, 2.45) is 0 Å². The quantitative estimate of drug-likeness (QED) is 0.823.